The van der Waals surface area contributed by atoms with Crippen LogP contribution in [-0.4, -0.2) is 4.98 Å². The van der Waals surface area contributed by atoms with E-state index < -0.39 is 11.7 Å². The van der Waals surface area contributed by atoms with Crippen LogP contribution >= 0.6 is 0 Å². The van der Waals surface area contributed by atoms with Crippen LogP contribution in [0.5, 0.6) is 5.75 Å². The van der Waals surface area contributed by atoms with Crippen LogP contribution in [-0.2, 0) is 12.6 Å². The summed E-state index contributed by atoms with van der Waals surface area (Å²) in [5, 5.41) is 0. The number of aromatic nitrogens is 1. The van der Waals surface area contributed by atoms with Gasteiger partial charge in [0.05, 0.1) is 5.56 Å². The van der Waals surface area contributed by atoms with Crippen LogP contribution in [0.1, 0.15) is 22.8 Å². The van der Waals surface area contributed by atoms with Gasteiger partial charge in [0.25, 0.3) is 0 Å². The van der Waals surface area contributed by atoms with Gasteiger partial charge in [-0.15, -0.1) is 0 Å². The lowest BCUT2D eigenvalue weighted by atomic mass is 10.0. The molecule has 5 heteroatoms. The SMILES string of the molecule is FC(F)(F)c1ccc2c(c1)CC(c1cccnc1)O2. The van der Waals surface area contributed by atoms with Crippen LogP contribution in [0.25, 0.3) is 0 Å². The molecule has 2 heterocycles. The van der Waals surface area contributed by atoms with E-state index in [9.17, 15) is 13.2 Å². The molecule has 1 unspecified atom stereocenters. The number of alkyl halides is 3. The molecule has 1 aromatic carbocycles. The highest BCUT2D eigenvalue weighted by molar-refractivity contribution is 5.42. The van der Waals surface area contributed by atoms with Crippen molar-refractivity contribution in [3.8, 4) is 5.75 Å². The Hall–Kier alpha value is -2.04. The van der Waals surface area contributed by atoms with E-state index in [1.54, 1.807) is 18.5 Å². The highest BCUT2D eigenvalue weighted by Gasteiger charge is 2.33. The van der Waals surface area contributed by atoms with Crippen LogP contribution in [0.15, 0.2) is 42.7 Å². The molecule has 1 aromatic heterocycles. The van der Waals surface area contributed by atoms with E-state index in [-0.39, 0.29) is 6.10 Å². The summed E-state index contributed by atoms with van der Waals surface area (Å²) >= 11 is 0. The molecule has 0 bridgehead atoms. The zero-order valence-corrected chi connectivity index (χ0v) is 9.82. The summed E-state index contributed by atoms with van der Waals surface area (Å²) in [4.78, 5) is 3.99. The van der Waals surface area contributed by atoms with Gasteiger partial charge in [0.2, 0.25) is 0 Å². The third kappa shape index (κ3) is 2.28. The van der Waals surface area contributed by atoms with Gasteiger partial charge in [0.15, 0.2) is 0 Å². The molecule has 0 radical (unpaired) electrons. The van der Waals surface area contributed by atoms with Crippen LogP contribution in [0.3, 0.4) is 0 Å². The Bertz CT molecular complexity index is 595. The summed E-state index contributed by atoms with van der Waals surface area (Å²) in [6, 6.07) is 7.22. The first-order chi connectivity index (χ1) is 9.04. The topological polar surface area (TPSA) is 22.1 Å². The maximum Gasteiger partial charge on any atom is 0.416 e. The minimum Gasteiger partial charge on any atom is -0.485 e. The van der Waals surface area contributed by atoms with Gasteiger partial charge in [0.1, 0.15) is 11.9 Å². The summed E-state index contributed by atoms with van der Waals surface area (Å²) in [5.41, 5.74) is 0.817. The number of benzene rings is 1. The minimum atomic E-state index is -4.32. The maximum absolute atomic E-state index is 12.6. The van der Waals surface area contributed by atoms with Crippen molar-refractivity contribution >= 4 is 0 Å². The zero-order valence-electron chi connectivity index (χ0n) is 9.82. The molecule has 19 heavy (non-hydrogen) atoms. The fourth-order valence-corrected chi connectivity index (χ4v) is 2.18. The Kier molecular flexibility index (Phi) is 2.69. The number of rotatable bonds is 1. The second-order valence-corrected chi connectivity index (χ2v) is 4.42. The van der Waals surface area contributed by atoms with Gasteiger partial charge in [0, 0.05) is 24.4 Å². The van der Waals surface area contributed by atoms with E-state index in [2.05, 4.69) is 4.98 Å². The zero-order chi connectivity index (χ0) is 13.5. The van der Waals surface area contributed by atoms with E-state index in [4.69, 9.17) is 4.74 Å². The molecule has 0 N–H and O–H groups in total. The smallest absolute Gasteiger partial charge is 0.416 e. The van der Waals surface area contributed by atoms with E-state index in [0.717, 1.165) is 17.7 Å². The molecular formula is C14H10F3NO. The Balaban J connectivity index is 1.89. The number of nitrogens with zero attached hydrogens (tertiary/aromatic N) is 1. The summed E-state index contributed by atoms with van der Waals surface area (Å²) in [6.45, 7) is 0. The lowest BCUT2D eigenvalue weighted by Crippen LogP contribution is -2.04. The first-order valence-electron chi connectivity index (χ1n) is 5.81. The first-order valence-corrected chi connectivity index (χ1v) is 5.81. The largest absolute Gasteiger partial charge is 0.485 e. The molecule has 0 spiro atoms. The number of halogens is 3. The third-order valence-electron chi connectivity index (χ3n) is 3.12. The summed E-state index contributed by atoms with van der Waals surface area (Å²) in [6.07, 6.45) is -0.826. The van der Waals surface area contributed by atoms with E-state index in [1.807, 2.05) is 6.07 Å². The summed E-state index contributed by atoms with van der Waals surface area (Å²) < 4.78 is 43.5. The Morgan fingerprint density at radius 1 is 1.21 bits per heavy atom. The molecule has 0 saturated heterocycles. The van der Waals surface area contributed by atoms with Crippen molar-refractivity contribution in [2.24, 2.45) is 0 Å². The predicted octanol–water partition coefficient (Wildman–Crippen LogP) is 3.78. The molecule has 0 saturated carbocycles. The second-order valence-electron chi connectivity index (χ2n) is 4.42. The monoisotopic (exact) mass is 265 g/mol. The second kappa shape index (κ2) is 4.26. The Morgan fingerprint density at radius 2 is 2.05 bits per heavy atom. The van der Waals surface area contributed by atoms with E-state index >= 15 is 0 Å². The molecule has 1 aliphatic heterocycles. The molecule has 1 atom stereocenters. The molecule has 1 aliphatic rings. The minimum absolute atomic E-state index is 0.257. The van der Waals surface area contributed by atoms with Gasteiger partial charge in [-0.25, -0.2) is 0 Å². The molecule has 0 fully saturated rings. The van der Waals surface area contributed by atoms with Crippen LogP contribution in [0.2, 0.25) is 0 Å². The fourth-order valence-electron chi connectivity index (χ4n) is 2.18. The fraction of sp³-hybridized carbons (Fsp3) is 0.214. The third-order valence-corrected chi connectivity index (χ3v) is 3.12. The maximum atomic E-state index is 12.6. The highest BCUT2D eigenvalue weighted by atomic mass is 19.4. The van der Waals surface area contributed by atoms with Crippen molar-refractivity contribution < 1.29 is 17.9 Å². The molecule has 3 rings (SSSR count). The summed E-state index contributed by atoms with van der Waals surface area (Å²) in [7, 11) is 0. The standard InChI is InChI=1S/C14H10F3NO/c15-14(16,17)11-3-4-12-10(6-11)7-13(19-12)9-2-1-5-18-8-9/h1-6,8,13H,7H2. The quantitative estimate of drug-likeness (QED) is 0.783. The lowest BCUT2D eigenvalue weighted by Gasteiger charge is -2.09. The first kappa shape index (κ1) is 12.0. The normalized spacial score (nSPS) is 17.9. The number of hydrogen-bond acceptors (Lipinski definition) is 2. The molecule has 0 aliphatic carbocycles. The van der Waals surface area contributed by atoms with Gasteiger partial charge >= 0.3 is 6.18 Å². The van der Waals surface area contributed by atoms with Crippen molar-refractivity contribution in [2.45, 2.75) is 18.7 Å². The van der Waals surface area contributed by atoms with Crippen LogP contribution in [0, 0.1) is 0 Å². The molecule has 0 amide bonds. The number of ether oxygens (including phenoxy) is 1. The lowest BCUT2D eigenvalue weighted by molar-refractivity contribution is -0.137. The van der Waals surface area contributed by atoms with Gasteiger partial charge in [-0.3, -0.25) is 4.98 Å². The molecule has 2 aromatic rings. The van der Waals surface area contributed by atoms with Gasteiger partial charge in [-0.05, 0) is 29.8 Å². The molecule has 98 valence electrons. The van der Waals surface area contributed by atoms with Gasteiger partial charge < -0.3 is 4.74 Å². The van der Waals surface area contributed by atoms with Crippen LogP contribution in [0.4, 0.5) is 13.2 Å². The molecular weight excluding hydrogens is 255 g/mol. The van der Waals surface area contributed by atoms with E-state index in [1.165, 1.54) is 6.07 Å². The van der Waals surface area contributed by atoms with Crippen molar-refractivity contribution in [1.82, 2.24) is 4.98 Å². The Labute approximate surface area is 107 Å². The van der Waals surface area contributed by atoms with Crippen LogP contribution < -0.4 is 4.74 Å². The Morgan fingerprint density at radius 3 is 2.74 bits per heavy atom. The number of hydrogen-bond donors (Lipinski definition) is 0. The van der Waals surface area contributed by atoms with Crippen molar-refractivity contribution in [2.75, 3.05) is 0 Å². The van der Waals surface area contributed by atoms with Crippen molar-refractivity contribution in [3.05, 3.63) is 59.4 Å². The summed E-state index contributed by atoms with van der Waals surface area (Å²) in [5.74, 6) is 0.516. The number of fused-ring (bicyclic) bond motifs is 1. The van der Waals surface area contributed by atoms with Gasteiger partial charge in [-0.2, -0.15) is 13.2 Å². The average Bonchev–Trinajstić information content (AvgIpc) is 2.81. The highest BCUT2D eigenvalue weighted by Crippen LogP contribution is 2.39. The molecule has 2 nitrogen and oxygen atoms in total. The van der Waals surface area contributed by atoms with Crippen molar-refractivity contribution in [3.63, 3.8) is 0 Å². The number of pyridine rings is 1. The predicted molar refractivity (Wildman–Crippen MR) is 62.8 cm³/mol. The average molecular weight is 265 g/mol. The van der Waals surface area contributed by atoms with Gasteiger partial charge in [-0.1, -0.05) is 6.07 Å². The van der Waals surface area contributed by atoms with Crippen molar-refractivity contribution in [1.29, 1.82) is 0 Å². The van der Waals surface area contributed by atoms with E-state index in [0.29, 0.717) is 17.7 Å².